The van der Waals surface area contributed by atoms with Crippen LogP contribution in [0, 0.1) is 0 Å². The maximum Gasteiger partial charge on any atom is 0.252 e. The fourth-order valence-electron chi connectivity index (χ4n) is 3.32. The third-order valence-electron chi connectivity index (χ3n) is 4.91. The van der Waals surface area contributed by atoms with Crippen LogP contribution in [0.3, 0.4) is 0 Å². The highest BCUT2D eigenvalue weighted by Gasteiger charge is 2.28. The first-order valence-corrected chi connectivity index (χ1v) is 11.6. The molecule has 0 fully saturated rings. The number of fused-ring (bicyclic) bond motifs is 2. The summed E-state index contributed by atoms with van der Waals surface area (Å²) < 4.78 is 41.6. The number of aliphatic hydroxyl groups is 1. The second kappa shape index (κ2) is 8.71. The topological polar surface area (TPSA) is 125 Å². The number of H-pyrrole nitrogens is 1. The van der Waals surface area contributed by atoms with Crippen molar-refractivity contribution in [1.82, 2.24) is 18.0 Å². The van der Waals surface area contributed by atoms with Gasteiger partial charge in [0.15, 0.2) is 0 Å². The minimum Gasteiger partial charge on any atom is -0.497 e. The van der Waals surface area contributed by atoms with E-state index in [0.29, 0.717) is 22.3 Å². The molecule has 2 aromatic heterocycles. The predicted octanol–water partition coefficient (Wildman–Crippen LogP) is 2.11. The van der Waals surface area contributed by atoms with Crippen molar-refractivity contribution >= 4 is 43.7 Å². The Hall–Kier alpha value is -2.86. The molecule has 162 valence electrons. The van der Waals surface area contributed by atoms with Crippen molar-refractivity contribution in [3.63, 3.8) is 0 Å². The van der Waals surface area contributed by atoms with Crippen LogP contribution in [0.25, 0.3) is 21.9 Å². The van der Waals surface area contributed by atoms with Gasteiger partial charge in [0.25, 0.3) is 5.56 Å². The lowest BCUT2D eigenvalue weighted by Gasteiger charge is -2.22. The molecule has 0 unspecified atom stereocenters. The lowest BCUT2D eigenvalue weighted by molar-refractivity contribution is 0.267. The van der Waals surface area contributed by atoms with Gasteiger partial charge in [-0.15, -0.1) is 0 Å². The molecule has 11 heteroatoms. The van der Waals surface area contributed by atoms with Gasteiger partial charge in [0.1, 0.15) is 21.7 Å². The smallest absolute Gasteiger partial charge is 0.252 e. The fourth-order valence-corrected chi connectivity index (χ4v) is 5.53. The lowest BCUT2D eigenvalue weighted by Crippen LogP contribution is -2.34. The van der Waals surface area contributed by atoms with Gasteiger partial charge in [-0.25, -0.2) is 8.42 Å². The molecular formula is C20H20N4O5S2. The zero-order valence-corrected chi connectivity index (χ0v) is 18.2. The molecule has 2 aromatic carbocycles. The highest BCUT2D eigenvalue weighted by atomic mass is 32.2. The summed E-state index contributed by atoms with van der Waals surface area (Å²) in [6, 6.07) is 11.7. The van der Waals surface area contributed by atoms with Crippen molar-refractivity contribution < 1.29 is 18.3 Å². The Bertz CT molecular complexity index is 1400. The van der Waals surface area contributed by atoms with E-state index in [9.17, 15) is 18.3 Å². The van der Waals surface area contributed by atoms with E-state index < -0.39 is 10.0 Å². The number of sulfonamides is 1. The van der Waals surface area contributed by atoms with Gasteiger partial charge >= 0.3 is 0 Å². The number of hydrogen-bond acceptors (Lipinski definition) is 8. The Morgan fingerprint density at radius 3 is 2.81 bits per heavy atom. The number of hydrogen-bond donors (Lipinski definition) is 2. The molecule has 0 aliphatic heterocycles. The molecule has 0 amide bonds. The number of nitrogens with zero attached hydrogens (tertiary/aromatic N) is 3. The van der Waals surface area contributed by atoms with Crippen molar-refractivity contribution in [3.05, 3.63) is 58.4 Å². The molecule has 4 rings (SSSR count). The number of aromatic amines is 1. The van der Waals surface area contributed by atoms with E-state index >= 15 is 0 Å². The van der Waals surface area contributed by atoms with Crippen molar-refractivity contribution in [2.45, 2.75) is 17.9 Å². The normalized spacial score (nSPS) is 12.1. The summed E-state index contributed by atoms with van der Waals surface area (Å²) in [6.07, 6.45) is 0.226. The van der Waals surface area contributed by atoms with Crippen LogP contribution >= 0.6 is 11.7 Å². The molecule has 31 heavy (non-hydrogen) atoms. The maximum atomic E-state index is 13.5. The zero-order valence-electron chi connectivity index (χ0n) is 16.6. The second-order valence-electron chi connectivity index (χ2n) is 6.88. The Morgan fingerprint density at radius 1 is 1.19 bits per heavy atom. The van der Waals surface area contributed by atoms with Crippen LogP contribution in [0.4, 0.5) is 0 Å². The molecule has 0 aliphatic rings. The summed E-state index contributed by atoms with van der Waals surface area (Å²) in [5, 5.41) is 10.0. The molecule has 0 atom stereocenters. The summed E-state index contributed by atoms with van der Waals surface area (Å²) in [5.74, 6) is 0.623. The van der Waals surface area contributed by atoms with E-state index in [1.807, 2.05) is 0 Å². The molecule has 0 radical (unpaired) electrons. The van der Waals surface area contributed by atoms with E-state index in [0.717, 1.165) is 17.1 Å². The average molecular weight is 461 g/mol. The Morgan fingerprint density at radius 2 is 2.03 bits per heavy atom. The molecule has 0 aliphatic carbocycles. The maximum absolute atomic E-state index is 13.5. The molecule has 9 nitrogen and oxygen atoms in total. The number of benzene rings is 2. The van der Waals surface area contributed by atoms with Gasteiger partial charge < -0.3 is 14.8 Å². The average Bonchev–Trinajstić information content (AvgIpc) is 3.25. The van der Waals surface area contributed by atoms with Gasteiger partial charge in [0, 0.05) is 36.2 Å². The minimum absolute atomic E-state index is 0.0237. The molecule has 0 saturated carbocycles. The lowest BCUT2D eigenvalue weighted by atomic mass is 10.1. The number of methoxy groups -OCH3 is 1. The second-order valence-corrected chi connectivity index (χ2v) is 9.32. The van der Waals surface area contributed by atoms with E-state index in [2.05, 4.69) is 13.7 Å². The summed E-state index contributed by atoms with van der Waals surface area (Å²) >= 11 is 0.934. The van der Waals surface area contributed by atoms with Crippen molar-refractivity contribution in [2.75, 3.05) is 20.3 Å². The van der Waals surface area contributed by atoms with Crippen LogP contribution in [0.5, 0.6) is 5.75 Å². The largest absolute Gasteiger partial charge is 0.497 e. The molecule has 2 heterocycles. The highest BCUT2D eigenvalue weighted by Crippen LogP contribution is 2.26. The molecular weight excluding hydrogens is 440 g/mol. The van der Waals surface area contributed by atoms with Gasteiger partial charge in [0.2, 0.25) is 10.0 Å². The van der Waals surface area contributed by atoms with Gasteiger partial charge in [-0.3, -0.25) is 4.79 Å². The summed E-state index contributed by atoms with van der Waals surface area (Å²) in [5.41, 5.74) is 1.31. The number of rotatable bonds is 8. The van der Waals surface area contributed by atoms with Crippen molar-refractivity contribution in [1.29, 1.82) is 0 Å². The molecule has 0 bridgehead atoms. The number of nitrogens with one attached hydrogen (secondary N) is 1. The molecule has 0 saturated heterocycles. The van der Waals surface area contributed by atoms with Gasteiger partial charge in [-0.05, 0) is 42.8 Å². The van der Waals surface area contributed by atoms with Crippen molar-refractivity contribution in [2.24, 2.45) is 0 Å². The standard InChI is InChI=1S/C20H20N4O5S2/c1-29-15-6-7-16-13(11-15)10-14(20(26)21-16)12-24(8-3-9-25)31(27,28)18-5-2-4-17-19(18)23-30-22-17/h2,4-7,10-11,25H,3,8-9,12H2,1H3,(H,21,26). The highest BCUT2D eigenvalue weighted by molar-refractivity contribution is 7.89. The third kappa shape index (κ3) is 4.17. The summed E-state index contributed by atoms with van der Waals surface area (Å²) in [6.45, 7) is -0.291. The van der Waals surface area contributed by atoms with E-state index in [4.69, 9.17) is 4.74 Å². The number of pyridine rings is 1. The monoisotopic (exact) mass is 460 g/mol. The quantitative estimate of drug-likeness (QED) is 0.412. The van der Waals surface area contributed by atoms with E-state index in [-0.39, 0.29) is 42.1 Å². The molecule has 0 spiro atoms. The molecule has 4 aromatic rings. The number of aromatic nitrogens is 3. The predicted molar refractivity (Wildman–Crippen MR) is 118 cm³/mol. The Kier molecular flexibility index (Phi) is 6.01. The zero-order chi connectivity index (χ0) is 22.0. The fraction of sp³-hybridized carbons (Fsp3) is 0.250. The third-order valence-corrected chi connectivity index (χ3v) is 7.33. The van der Waals surface area contributed by atoms with Crippen LogP contribution in [0.1, 0.15) is 12.0 Å². The SMILES string of the molecule is COc1ccc2[nH]c(=O)c(CN(CCCO)S(=O)(=O)c3cccc4nsnc34)cc2c1. The van der Waals surface area contributed by atoms with Crippen LogP contribution in [-0.2, 0) is 16.6 Å². The molecule has 2 N–H and O–H groups in total. The Balaban J connectivity index is 1.77. The van der Waals surface area contributed by atoms with Crippen LogP contribution in [0.15, 0.2) is 52.2 Å². The van der Waals surface area contributed by atoms with Gasteiger partial charge in [-0.2, -0.15) is 13.1 Å². The number of aliphatic hydroxyl groups excluding tert-OH is 1. The van der Waals surface area contributed by atoms with Crippen molar-refractivity contribution in [3.8, 4) is 5.75 Å². The van der Waals surface area contributed by atoms with Gasteiger partial charge in [0.05, 0.1) is 18.8 Å². The first-order chi connectivity index (χ1) is 14.9. The van der Waals surface area contributed by atoms with E-state index in [1.165, 1.54) is 10.4 Å². The van der Waals surface area contributed by atoms with Crippen LogP contribution in [0.2, 0.25) is 0 Å². The number of ether oxygens (including phenoxy) is 1. The van der Waals surface area contributed by atoms with Crippen LogP contribution in [-0.4, -0.2) is 51.8 Å². The first-order valence-electron chi connectivity index (χ1n) is 9.46. The summed E-state index contributed by atoms with van der Waals surface area (Å²) in [4.78, 5) is 15.5. The minimum atomic E-state index is -4.00. The summed E-state index contributed by atoms with van der Waals surface area (Å²) in [7, 11) is -2.46. The van der Waals surface area contributed by atoms with Crippen LogP contribution < -0.4 is 10.3 Å². The first kappa shape index (κ1) is 21.4. The Labute approximate surface area is 182 Å². The van der Waals surface area contributed by atoms with Gasteiger partial charge in [-0.1, -0.05) is 6.07 Å². The van der Waals surface area contributed by atoms with E-state index in [1.54, 1.807) is 43.5 Å².